The molecular weight excluding hydrogens is 454 g/mol. The largest absolute Gasteiger partial charge is 0.354 e. The molecule has 36 heavy (non-hydrogen) atoms. The Balaban J connectivity index is 1.58. The fourth-order valence-corrected chi connectivity index (χ4v) is 4.65. The van der Waals surface area contributed by atoms with Gasteiger partial charge in [0.1, 0.15) is 11.4 Å². The molecule has 3 aromatic heterocycles. The van der Waals surface area contributed by atoms with Gasteiger partial charge >= 0.3 is 0 Å². The van der Waals surface area contributed by atoms with Crippen molar-refractivity contribution in [3.05, 3.63) is 64.6 Å². The first kappa shape index (κ1) is 23.7. The third-order valence-corrected chi connectivity index (χ3v) is 6.97. The van der Waals surface area contributed by atoms with Crippen molar-refractivity contribution in [2.75, 3.05) is 14.1 Å². The Morgan fingerprint density at radius 1 is 1.17 bits per heavy atom. The molecule has 0 unspecified atom stereocenters. The van der Waals surface area contributed by atoms with Crippen LogP contribution in [0, 0.1) is 6.92 Å². The number of hydrogen-bond donors (Lipinski definition) is 1. The molecule has 1 saturated carbocycles. The van der Waals surface area contributed by atoms with E-state index in [0.29, 0.717) is 35.1 Å². The Morgan fingerprint density at radius 3 is 2.61 bits per heavy atom. The van der Waals surface area contributed by atoms with Gasteiger partial charge in [-0.1, -0.05) is 6.07 Å². The second-order valence-corrected chi connectivity index (χ2v) is 9.46. The van der Waals surface area contributed by atoms with Gasteiger partial charge in [-0.2, -0.15) is 10.2 Å². The van der Waals surface area contributed by atoms with Gasteiger partial charge in [0.05, 0.1) is 23.0 Å². The maximum atomic E-state index is 13.8. The first-order valence-electron chi connectivity index (χ1n) is 12.3. The van der Waals surface area contributed by atoms with Crippen LogP contribution in [0.25, 0.3) is 22.3 Å². The predicted octanol–water partition coefficient (Wildman–Crippen LogP) is 3.67. The normalized spacial score (nSPS) is 13.2. The lowest BCUT2D eigenvalue weighted by Gasteiger charge is -2.19. The fourth-order valence-electron chi connectivity index (χ4n) is 4.65. The molecule has 0 spiro atoms. The number of pyridine rings is 1. The van der Waals surface area contributed by atoms with Crippen LogP contribution in [-0.2, 0) is 20.1 Å². The highest BCUT2D eigenvalue weighted by molar-refractivity contribution is 6.07. The molecular formula is C27H31N7O2. The Morgan fingerprint density at radius 2 is 1.94 bits per heavy atom. The molecule has 0 bridgehead atoms. The molecule has 0 saturated heterocycles. The molecule has 9 nitrogen and oxygen atoms in total. The van der Waals surface area contributed by atoms with E-state index >= 15 is 0 Å². The van der Waals surface area contributed by atoms with Crippen LogP contribution in [-0.4, -0.2) is 55.4 Å². The van der Waals surface area contributed by atoms with E-state index in [1.807, 2.05) is 37.8 Å². The molecule has 1 N–H and O–H groups in total. The highest BCUT2D eigenvalue weighted by Crippen LogP contribution is 2.41. The summed E-state index contributed by atoms with van der Waals surface area (Å²) in [6, 6.07) is 9.70. The number of carbonyl (C=O) groups excluding carboxylic acids is 2. The zero-order valence-corrected chi connectivity index (χ0v) is 21.4. The van der Waals surface area contributed by atoms with Crippen LogP contribution in [0.15, 0.2) is 36.5 Å². The summed E-state index contributed by atoms with van der Waals surface area (Å²) in [5.74, 6) is 0.232. The number of carbonyl (C=O) groups is 2. The molecule has 1 aliphatic carbocycles. The van der Waals surface area contributed by atoms with Gasteiger partial charge in [-0.25, -0.2) is 4.98 Å². The van der Waals surface area contributed by atoms with Gasteiger partial charge in [0.2, 0.25) is 0 Å². The maximum absolute atomic E-state index is 13.8. The lowest BCUT2D eigenvalue weighted by atomic mass is 10.0. The van der Waals surface area contributed by atoms with Gasteiger partial charge in [0.25, 0.3) is 11.8 Å². The summed E-state index contributed by atoms with van der Waals surface area (Å²) in [4.78, 5) is 32.6. The summed E-state index contributed by atoms with van der Waals surface area (Å²) < 4.78 is 3.46. The van der Waals surface area contributed by atoms with Crippen molar-refractivity contribution in [1.82, 2.24) is 34.8 Å². The third-order valence-electron chi connectivity index (χ3n) is 6.97. The van der Waals surface area contributed by atoms with E-state index in [4.69, 9.17) is 4.98 Å². The highest BCUT2D eigenvalue weighted by atomic mass is 16.2. The number of amides is 2. The summed E-state index contributed by atoms with van der Waals surface area (Å²) in [6.45, 7) is 5.31. The van der Waals surface area contributed by atoms with Crippen LogP contribution in [0.5, 0.6) is 0 Å². The fraction of sp³-hybridized carbons (Fsp3) is 0.370. The third kappa shape index (κ3) is 4.25. The second-order valence-electron chi connectivity index (χ2n) is 9.46. The number of benzene rings is 1. The average Bonchev–Trinajstić information content (AvgIpc) is 3.58. The van der Waals surface area contributed by atoms with Gasteiger partial charge in [0.15, 0.2) is 0 Å². The van der Waals surface area contributed by atoms with Crippen molar-refractivity contribution in [1.29, 1.82) is 0 Å². The molecule has 9 heteroatoms. The molecule has 1 aliphatic rings. The van der Waals surface area contributed by atoms with Crippen molar-refractivity contribution in [2.45, 2.75) is 45.7 Å². The van der Waals surface area contributed by atoms with Crippen LogP contribution < -0.4 is 5.32 Å². The van der Waals surface area contributed by atoms with E-state index in [-0.39, 0.29) is 11.8 Å². The van der Waals surface area contributed by atoms with Crippen LogP contribution in [0.1, 0.15) is 63.4 Å². The molecule has 1 aromatic carbocycles. The summed E-state index contributed by atoms with van der Waals surface area (Å²) in [6.07, 6.45) is 4.19. The minimum atomic E-state index is -0.231. The van der Waals surface area contributed by atoms with E-state index < -0.39 is 0 Å². The van der Waals surface area contributed by atoms with E-state index in [2.05, 4.69) is 27.6 Å². The van der Waals surface area contributed by atoms with Gasteiger partial charge < -0.3 is 10.2 Å². The number of nitrogens with zero attached hydrogens (tertiary/aromatic N) is 6. The number of aromatic nitrogens is 5. The minimum Gasteiger partial charge on any atom is -0.354 e. The first-order valence-corrected chi connectivity index (χ1v) is 12.3. The minimum absolute atomic E-state index is 0.0947. The number of aryl methyl sites for hydroxylation is 2. The Bertz CT molecular complexity index is 1480. The van der Waals surface area contributed by atoms with Crippen LogP contribution in [0.4, 0.5) is 0 Å². The quantitative estimate of drug-likeness (QED) is 0.431. The lowest BCUT2D eigenvalue weighted by Crippen LogP contribution is -2.27. The molecule has 0 atom stereocenters. The zero-order chi connectivity index (χ0) is 25.6. The van der Waals surface area contributed by atoms with Crippen LogP contribution in [0.3, 0.4) is 0 Å². The number of nitrogens with one attached hydrogen (secondary N) is 1. The molecule has 0 aliphatic heterocycles. The second kappa shape index (κ2) is 9.22. The van der Waals surface area contributed by atoms with Gasteiger partial charge in [0, 0.05) is 50.9 Å². The molecule has 3 heterocycles. The van der Waals surface area contributed by atoms with Gasteiger partial charge in [-0.3, -0.25) is 19.0 Å². The summed E-state index contributed by atoms with van der Waals surface area (Å²) >= 11 is 0. The van der Waals surface area contributed by atoms with E-state index in [1.165, 1.54) is 23.1 Å². The number of fused-ring (bicyclic) bond motifs is 1. The topological polar surface area (TPSA) is 97.9 Å². The van der Waals surface area contributed by atoms with Crippen LogP contribution in [0.2, 0.25) is 0 Å². The number of rotatable bonds is 7. The average molecular weight is 486 g/mol. The van der Waals surface area contributed by atoms with E-state index in [0.717, 1.165) is 28.7 Å². The van der Waals surface area contributed by atoms with Crippen LogP contribution >= 0.6 is 0 Å². The highest BCUT2D eigenvalue weighted by Gasteiger charge is 2.26. The molecule has 4 aromatic rings. The van der Waals surface area contributed by atoms with E-state index in [1.54, 1.807) is 31.1 Å². The molecule has 5 rings (SSSR count). The Hall–Kier alpha value is -4.01. The zero-order valence-electron chi connectivity index (χ0n) is 21.4. The van der Waals surface area contributed by atoms with Crippen molar-refractivity contribution in [3.63, 3.8) is 0 Å². The van der Waals surface area contributed by atoms with Gasteiger partial charge in [-0.05, 0) is 62.4 Å². The predicted molar refractivity (Wildman–Crippen MR) is 138 cm³/mol. The lowest BCUT2D eigenvalue weighted by molar-refractivity contribution is 0.0786. The summed E-state index contributed by atoms with van der Waals surface area (Å²) in [5, 5.41) is 12.4. The van der Waals surface area contributed by atoms with Crippen molar-refractivity contribution in [2.24, 2.45) is 7.05 Å². The summed E-state index contributed by atoms with van der Waals surface area (Å²) in [7, 11) is 5.11. The molecule has 0 radical (unpaired) electrons. The smallest absolute Gasteiger partial charge is 0.269 e. The molecule has 1 fully saturated rings. The first-order chi connectivity index (χ1) is 17.3. The monoisotopic (exact) mass is 485 g/mol. The SMILES string of the molecule is CCn1ncc(CN(C)C(=O)c2cc(-c3cc(C(=O)NC)n(C)n3)nc3ccc(C4CC4)cc23)c1C. The molecule has 2 amide bonds. The maximum Gasteiger partial charge on any atom is 0.269 e. The van der Waals surface area contributed by atoms with Crippen molar-refractivity contribution < 1.29 is 9.59 Å². The Labute approximate surface area is 210 Å². The molecule has 186 valence electrons. The van der Waals surface area contributed by atoms with Crippen molar-refractivity contribution in [3.8, 4) is 11.4 Å². The number of hydrogen-bond acceptors (Lipinski definition) is 5. The standard InChI is InChI=1S/C27H31N7O2/c1-6-34-16(2)19(14-29-34)15-32(4)27(36)21-12-23(24-13-25(26(35)28-3)33(5)31-24)30-22-10-9-18(11-20(21)22)17-7-8-17/h9-14,17H,6-8,15H2,1-5H3,(H,28,35). The summed E-state index contributed by atoms with van der Waals surface area (Å²) in [5.41, 5.74) is 6.15. The van der Waals surface area contributed by atoms with Crippen molar-refractivity contribution >= 4 is 22.7 Å². The van der Waals surface area contributed by atoms with E-state index in [9.17, 15) is 9.59 Å². The van der Waals surface area contributed by atoms with Gasteiger partial charge in [-0.15, -0.1) is 0 Å². The Kier molecular flexibility index (Phi) is 6.07.